The van der Waals surface area contributed by atoms with Crippen LogP contribution in [0.2, 0.25) is 0 Å². The first-order chi connectivity index (χ1) is 9.36. The number of nitrogen functional groups attached to an aromatic ring is 1. The number of aliphatic hydroxyl groups is 1. The highest BCUT2D eigenvalue weighted by Gasteiger charge is 2.34. The van der Waals surface area contributed by atoms with Crippen molar-refractivity contribution in [2.24, 2.45) is 5.84 Å². The first-order valence-electron chi connectivity index (χ1n) is 6.72. The Morgan fingerprint density at radius 1 is 1.45 bits per heavy atom. The van der Waals surface area contributed by atoms with Gasteiger partial charge in [0.2, 0.25) is 0 Å². The summed E-state index contributed by atoms with van der Waals surface area (Å²) in [6.45, 7) is 9.07. The van der Waals surface area contributed by atoms with Gasteiger partial charge in [-0.2, -0.15) is 0 Å². The second-order valence-electron chi connectivity index (χ2n) is 5.78. The van der Waals surface area contributed by atoms with Crippen LogP contribution in [0.4, 0.5) is 11.6 Å². The highest BCUT2D eigenvalue weighted by atomic mass is 16.5. The van der Waals surface area contributed by atoms with Crippen molar-refractivity contribution in [3.05, 3.63) is 11.4 Å². The Labute approximate surface area is 119 Å². The molecular formula is C13H23N5O2. The van der Waals surface area contributed by atoms with Crippen LogP contribution in [0.15, 0.2) is 0 Å². The minimum atomic E-state index is -0.340. The van der Waals surface area contributed by atoms with E-state index in [0.29, 0.717) is 24.7 Å². The van der Waals surface area contributed by atoms with Crippen molar-refractivity contribution in [2.45, 2.75) is 39.4 Å². The predicted molar refractivity (Wildman–Crippen MR) is 77.6 cm³/mol. The van der Waals surface area contributed by atoms with Gasteiger partial charge in [0, 0.05) is 18.7 Å². The number of hydrogen-bond acceptors (Lipinski definition) is 7. The van der Waals surface area contributed by atoms with E-state index >= 15 is 0 Å². The third-order valence-corrected chi connectivity index (χ3v) is 3.35. The van der Waals surface area contributed by atoms with Gasteiger partial charge in [-0.1, -0.05) is 0 Å². The molecule has 7 nitrogen and oxygen atoms in total. The maximum atomic E-state index is 9.40. The first-order valence-corrected chi connectivity index (χ1v) is 6.72. The fourth-order valence-electron chi connectivity index (χ4n) is 2.61. The molecule has 0 spiro atoms. The van der Waals surface area contributed by atoms with Gasteiger partial charge < -0.3 is 20.2 Å². The van der Waals surface area contributed by atoms with Crippen molar-refractivity contribution in [1.82, 2.24) is 9.97 Å². The lowest BCUT2D eigenvalue weighted by molar-refractivity contribution is -0.101. The predicted octanol–water partition coefficient (Wildman–Crippen LogP) is 0.355. The molecule has 1 aliphatic rings. The molecule has 112 valence electrons. The number of aromatic nitrogens is 2. The molecule has 1 aromatic rings. The zero-order valence-corrected chi connectivity index (χ0v) is 12.5. The first kappa shape index (κ1) is 15.0. The van der Waals surface area contributed by atoms with Gasteiger partial charge in [-0.3, -0.25) is 0 Å². The van der Waals surface area contributed by atoms with E-state index in [-0.39, 0.29) is 18.3 Å². The lowest BCUT2D eigenvalue weighted by atomic mass is 10.0. The summed E-state index contributed by atoms with van der Waals surface area (Å²) in [7, 11) is 0. The summed E-state index contributed by atoms with van der Waals surface area (Å²) < 4.78 is 5.83. The molecule has 2 heterocycles. The van der Waals surface area contributed by atoms with Crippen LogP contribution in [0.25, 0.3) is 0 Å². The molecule has 0 bridgehead atoms. The Balaban J connectivity index is 2.37. The molecule has 0 saturated carbocycles. The van der Waals surface area contributed by atoms with Gasteiger partial charge in [-0.25, -0.2) is 15.8 Å². The topological polar surface area (TPSA) is 96.5 Å². The van der Waals surface area contributed by atoms with Gasteiger partial charge >= 0.3 is 0 Å². The Morgan fingerprint density at radius 2 is 2.15 bits per heavy atom. The minimum absolute atomic E-state index is 0.00889. The monoisotopic (exact) mass is 281 g/mol. The van der Waals surface area contributed by atoms with Crippen LogP contribution in [-0.2, 0) is 4.74 Å². The number of hydrazine groups is 1. The molecule has 4 N–H and O–H groups in total. The number of aliphatic hydroxyl groups excluding tert-OH is 1. The van der Waals surface area contributed by atoms with Gasteiger partial charge in [0.15, 0.2) is 0 Å². The standard InChI is InChI=1S/C13H23N5O2/c1-8-11(17-14)15-9(2)16-12(8)18-5-10(6-19)20-13(3,4)7-18/h10,19H,5-7,14H2,1-4H3,(H,15,16,17). The molecule has 1 aromatic heterocycles. The molecule has 1 saturated heterocycles. The van der Waals surface area contributed by atoms with Crippen molar-refractivity contribution in [3.8, 4) is 0 Å². The molecule has 1 aliphatic heterocycles. The van der Waals surface area contributed by atoms with Crippen LogP contribution in [0.1, 0.15) is 25.2 Å². The average Bonchev–Trinajstić information content (AvgIpc) is 2.39. The van der Waals surface area contributed by atoms with E-state index in [1.165, 1.54) is 0 Å². The molecule has 0 amide bonds. The molecule has 1 atom stereocenters. The third kappa shape index (κ3) is 3.00. The summed E-state index contributed by atoms with van der Waals surface area (Å²) >= 11 is 0. The van der Waals surface area contributed by atoms with Crippen LogP contribution >= 0.6 is 0 Å². The quantitative estimate of drug-likeness (QED) is 0.543. The molecule has 2 rings (SSSR count). The highest BCUT2D eigenvalue weighted by Crippen LogP contribution is 2.29. The van der Waals surface area contributed by atoms with E-state index in [4.69, 9.17) is 10.6 Å². The largest absolute Gasteiger partial charge is 0.394 e. The van der Waals surface area contributed by atoms with E-state index in [1.54, 1.807) is 0 Å². The van der Waals surface area contributed by atoms with Crippen molar-refractivity contribution >= 4 is 11.6 Å². The smallest absolute Gasteiger partial charge is 0.148 e. The number of hydrogen-bond donors (Lipinski definition) is 3. The van der Waals surface area contributed by atoms with E-state index in [1.807, 2.05) is 27.7 Å². The lowest BCUT2D eigenvalue weighted by Crippen LogP contribution is -2.54. The average molecular weight is 281 g/mol. The fraction of sp³-hybridized carbons (Fsp3) is 0.692. The van der Waals surface area contributed by atoms with E-state index in [9.17, 15) is 5.11 Å². The van der Waals surface area contributed by atoms with Crippen LogP contribution in [0.5, 0.6) is 0 Å². The molecule has 0 radical (unpaired) electrons. The summed E-state index contributed by atoms with van der Waals surface area (Å²) in [5.74, 6) is 7.61. The number of rotatable bonds is 3. The maximum absolute atomic E-state index is 9.40. The molecule has 20 heavy (non-hydrogen) atoms. The molecule has 1 fully saturated rings. The van der Waals surface area contributed by atoms with Crippen molar-refractivity contribution in [2.75, 3.05) is 30.0 Å². The molecule has 0 aromatic carbocycles. The second-order valence-corrected chi connectivity index (χ2v) is 5.78. The molecule has 7 heteroatoms. The van der Waals surface area contributed by atoms with Crippen LogP contribution in [-0.4, -0.2) is 46.5 Å². The van der Waals surface area contributed by atoms with Crippen LogP contribution in [0.3, 0.4) is 0 Å². The number of nitrogens with one attached hydrogen (secondary N) is 1. The Hall–Kier alpha value is -1.44. The van der Waals surface area contributed by atoms with Crippen LogP contribution < -0.4 is 16.2 Å². The Bertz CT molecular complexity index is 492. The maximum Gasteiger partial charge on any atom is 0.148 e. The van der Waals surface area contributed by atoms with Gasteiger partial charge in [0.25, 0.3) is 0 Å². The summed E-state index contributed by atoms with van der Waals surface area (Å²) in [5.41, 5.74) is 3.16. The minimum Gasteiger partial charge on any atom is -0.394 e. The summed E-state index contributed by atoms with van der Waals surface area (Å²) in [6.07, 6.45) is -0.220. The molecule has 1 unspecified atom stereocenters. The van der Waals surface area contributed by atoms with Crippen molar-refractivity contribution in [1.29, 1.82) is 0 Å². The normalized spacial score (nSPS) is 21.9. The van der Waals surface area contributed by atoms with E-state index < -0.39 is 0 Å². The van der Waals surface area contributed by atoms with E-state index in [2.05, 4.69) is 20.3 Å². The number of nitrogens with zero attached hydrogens (tertiary/aromatic N) is 3. The lowest BCUT2D eigenvalue weighted by Gasteiger charge is -2.43. The Kier molecular flexibility index (Phi) is 4.12. The van der Waals surface area contributed by atoms with Gasteiger partial charge in [-0.05, 0) is 27.7 Å². The Morgan fingerprint density at radius 3 is 2.75 bits per heavy atom. The molecular weight excluding hydrogens is 258 g/mol. The van der Waals surface area contributed by atoms with Gasteiger partial charge in [0.05, 0.1) is 18.3 Å². The number of morpholine rings is 1. The SMILES string of the molecule is Cc1nc(NN)c(C)c(N2CC(CO)OC(C)(C)C2)n1. The number of anilines is 2. The highest BCUT2D eigenvalue weighted by molar-refractivity contribution is 5.58. The van der Waals surface area contributed by atoms with Crippen molar-refractivity contribution in [3.63, 3.8) is 0 Å². The molecule has 0 aliphatic carbocycles. The summed E-state index contributed by atoms with van der Waals surface area (Å²) in [6, 6.07) is 0. The third-order valence-electron chi connectivity index (χ3n) is 3.35. The van der Waals surface area contributed by atoms with E-state index in [0.717, 1.165) is 11.4 Å². The summed E-state index contributed by atoms with van der Waals surface area (Å²) in [4.78, 5) is 10.9. The number of aryl methyl sites for hydroxylation is 1. The van der Waals surface area contributed by atoms with Gasteiger partial charge in [-0.15, -0.1) is 0 Å². The second kappa shape index (κ2) is 5.51. The number of nitrogens with two attached hydrogens (primary N) is 1. The number of ether oxygens (including phenoxy) is 1. The van der Waals surface area contributed by atoms with Crippen molar-refractivity contribution < 1.29 is 9.84 Å². The van der Waals surface area contributed by atoms with Crippen LogP contribution in [0, 0.1) is 13.8 Å². The zero-order valence-electron chi connectivity index (χ0n) is 12.5. The summed E-state index contributed by atoms with van der Waals surface area (Å²) in [5, 5.41) is 9.40. The fourth-order valence-corrected chi connectivity index (χ4v) is 2.61. The van der Waals surface area contributed by atoms with Gasteiger partial charge in [0.1, 0.15) is 17.5 Å². The zero-order chi connectivity index (χ0) is 14.9.